The third-order valence-electron chi connectivity index (χ3n) is 4.24. The normalized spacial score (nSPS) is 18.4. The molecule has 0 bridgehead atoms. The molecular weight excluding hydrogens is 322 g/mol. The van der Waals surface area contributed by atoms with E-state index in [2.05, 4.69) is 35.1 Å². The number of nitrogens with one attached hydrogen (secondary N) is 1. The van der Waals surface area contributed by atoms with Gasteiger partial charge in [0.25, 0.3) is 0 Å². The summed E-state index contributed by atoms with van der Waals surface area (Å²) >= 11 is 0. The van der Waals surface area contributed by atoms with E-state index in [0.29, 0.717) is 30.9 Å². The molecule has 4 heterocycles. The van der Waals surface area contributed by atoms with Crippen LogP contribution < -0.4 is 20.9 Å². The lowest BCUT2D eigenvalue weighted by atomic mass is 10.3. The molecule has 25 heavy (non-hydrogen) atoms. The Morgan fingerprint density at radius 1 is 0.880 bits per heavy atom. The lowest BCUT2D eigenvalue weighted by molar-refractivity contribution is 0.122. The minimum absolute atomic E-state index is 0.230. The van der Waals surface area contributed by atoms with Crippen LogP contribution in [0.15, 0.2) is 12.4 Å². The summed E-state index contributed by atoms with van der Waals surface area (Å²) in [5.74, 6) is 2.14. The number of piperazine rings is 1. The lowest BCUT2D eigenvalue weighted by Gasteiger charge is -2.30. The van der Waals surface area contributed by atoms with Crippen LogP contribution in [0.2, 0.25) is 0 Å². The zero-order chi connectivity index (χ0) is 17.1. The van der Waals surface area contributed by atoms with Crippen molar-refractivity contribution in [1.29, 1.82) is 0 Å². The summed E-state index contributed by atoms with van der Waals surface area (Å²) in [6.07, 6.45) is 3.28. The third-order valence-corrected chi connectivity index (χ3v) is 4.24. The average molecular weight is 343 g/mol. The maximum absolute atomic E-state index is 5.59. The van der Waals surface area contributed by atoms with Crippen LogP contribution in [0, 0.1) is 0 Å². The van der Waals surface area contributed by atoms with Crippen LogP contribution in [0.1, 0.15) is 0 Å². The Balaban J connectivity index is 1.72. The van der Waals surface area contributed by atoms with Crippen LogP contribution >= 0.6 is 0 Å². The Kier molecular flexibility index (Phi) is 4.53. The predicted molar refractivity (Wildman–Crippen MR) is 93.4 cm³/mol. The van der Waals surface area contributed by atoms with Gasteiger partial charge in [0, 0.05) is 51.7 Å². The minimum atomic E-state index is 0.230. The monoisotopic (exact) mass is 343 g/mol. The lowest BCUT2D eigenvalue weighted by Crippen LogP contribution is -2.44. The number of hydrogen-bond donors (Lipinski definition) is 2. The van der Waals surface area contributed by atoms with Gasteiger partial charge in [-0.05, 0) is 0 Å². The first-order valence-electron chi connectivity index (χ1n) is 8.42. The van der Waals surface area contributed by atoms with Gasteiger partial charge in [-0.25, -0.2) is 9.97 Å². The SMILES string of the molecule is Nc1ncc(-c2nc(N3CCNCC3)nc(N3CCOCC3)n2)cn1. The van der Waals surface area contributed by atoms with E-state index in [1.165, 1.54) is 0 Å². The molecule has 0 amide bonds. The van der Waals surface area contributed by atoms with Crippen LogP contribution in [-0.4, -0.2) is 77.4 Å². The summed E-state index contributed by atoms with van der Waals surface area (Å²) in [6, 6.07) is 0. The largest absolute Gasteiger partial charge is 0.378 e. The first-order valence-corrected chi connectivity index (χ1v) is 8.42. The van der Waals surface area contributed by atoms with Gasteiger partial charge in [-0.1, -0.05) is 0 Å². The summed E-state index contributed by atoms with van der Waals surface area (Å²) in [6.45, 7) is 6.45. The van der Waals surface area contributed by atoms with Crippen LogP contribution in [0.4, 0.5) is 17.8 Å². The molecule has 2 saturated heterocycles. The van der Waals surface area contributed by atoms with E-state index in [9.17, 15) is 0 Å². The number of aromatic nitrogens is 5. The molecular formula is C15H21N9O. The van der Waals surface area contributed by atoms with Gasteiger partial charge in [0.15, 0.2) is 5.82 Å². The zero-order valence-corrected chi connectivity index (χ0v) is 13.9. The van der Waals surface area contributed by atoms with Crippen molar-refractivity contribution in [3.8, 4) is 11.4 Å². The van der Waals surface area contributed by atoms with E-state index in [1.807, 2.05) is 0 Å². The molecule has 10 heteroatoms. The Bertz CT molecular complexity index is 675. The maximum atomic E-state index is 5.59. The van der Waals surface area contributed by atoms with Crippen molar-refractivity contribution in [2.45, 2.75) is 0 Å². The number of hydrogen-bond acceptors (Lipinski definition) is 10. The van der Waals surface area contributed by atoms with Gasteiger partial charge in [0.2, 0.25) is 17.8 Å². The van der Waals surface area contributed by atoms with Crippen LogP contribution in [0.25, 0.3) is 11.4 Å². The van der Waals surface area contributed by atoms with E-state index in [1.54, 1.807) is 12.4 Å². The number of nitrogen functional groups attached to an aromatic ring is 1. The van der Waals surface area contributed by atoms with E-state index in [4.69, 9.17) is 15.5 Å². The third kappa shape index (κ3) is 3.59. The summed E-state index contributed by atoms with van der Waals surface area (Å²) < 4.78 is 5.43. The molecule has 0 spiro atoms. The van der Waals surface area contributed by atoms with Crippen LogP contribution in [0.5, 0.6) is 0 Å². The first-order chi connectivity index (χ1) is 12.3. The fraction of sp³-hybridized carbons (Fsp3) is 0.533. The van der Waals surface area contributed by atoms with Gasteiger partial charge in [-0.15, -0.1) is 0 Å². The molecule has 0 radical (unpaired) electrons. The highest BCUT2D eigenvalue weighted by atomic mass is 16.5. The van der Waals surface area contributed by atoms with Crippen molar-refractivity contribution in [3.05, 3.63) is 12.4 Å². The molecule has 2 aliphatic heterocycles. The molecule has 3 N–H and O–H groups in total. The smallest absolute Gasteiger partial charge is 0.230 e. The van der Waals surface area contributed by atoms with Crippen molar-refractivity contribution < 1.29 is 4.74 Å². The summed E-state index contributed by atoms with van der Waals surface area (Å²) in [5.41, 5.74) is 6.31. The van der Waals surface area contributed by atoms with Crippen LogP contribution in [-0.2, 0) is 4.74 Å². The quantitative estimate of drug-likeness (QED) is 0.730. The molecule has 0 atom stereocenters. The highest BCUT2D eigenvalue weighted by Crippen LogP contribution is 2.21. The van der Waals surface area contributed by atoms with Gasteiger partial charge in [0.1, 0.15) is 0 Å². The van der Waals surface area contributed by atoms with Gasteiger partial charge in [-0.3, -0.25) is 0 Å². The Morgan fingerprint density at radius 3 is 2.12 bits per heavy atom. The Labute approximate surface area is 145 Å². The number of nitrogens with zero attached hydrogens (tertiary/aromatic N) is 7. The fourth-order valence-electron chi connectivity index (χ4n) is 2.85. The number of anilines is 3. The average Bonchev–Trinajstić information content (AvgIpc) is 2.69. The second-order valence-electron chi connectivity index (χ2n) is 5.93. The minimum Gasteiger partial charge on any atom is -0.378 e. The molecule has 132 valence electrons. The van der Waals surface area contributed by atoms with Crippen molar-refractivity contribution in [3.63, 3.8) is 0 Å². The molecule has 0 aromatic carbocycles. The number of ether oxygens (including phenoxy) is 1. The number of rotatable bonds is 3. The zero-order valence-electron chi connectivity index (χ0n) is 13.9. The van der Waals surface area contributed by atoms with E-state index in [0.717, 1.165) is 44.8 Å². The Hall–Kier alpha value is -2.59. The summed E-state index contributed by atoms with van der Waals surface area (Å²) in [4.78, 5) is 26.4. The second-order valence-corrected chi connectivity index (χ2v) is 5.93. The molecule has 0 saturated carbocycles. The molecule has 2 aromatic heterocycles. The molecule has 0 unspecified atom stereocenters. The van der Waals surface area contributed by atoms with Crippen molar-refractivity contribution in [2.24, 2.45) is 0 Å². The molecule has 2 aromatic rings. The van der Waals surface area contributed by atoms with E-state index in [-0.39, 0.29) is 5.95 Å². The predicted octanol–water partition coefficient (Wildman–Crippen LogP) is -0.843. The second kappa shape index (κ2) is 7.11. The summed E-state index contributed by atoms with van der Waals surface area (Å²) in [7, 11) is 0. The van der Waals surface area contributed by atoms with Gasteiger partial charge < -0.3 is 25.6 Å². The molecule has 10 nitrogen and oxygen atoms in total. The highest BCUT2D eigenvalue weighted by molar-refractivity contribution is 5.57. The first kappa shape index (κ1) is 15.9. The van der Waals surface area contributed by atoms with Gasteiger partial charge in [-0.2, -0.15) is 15.0 Å². The maximum Gasteiger partial charge on any atom is 0.230 e. The molecule has 2 aliphatic rings. The molecule has 2 fully saturated rings. The highest BCUT2D eigenvalue weighted by Gasteiger charge is 2.21. The van der Waals surface area contributed by atoms with Crippen LogP contribution in [0.3, 0.4) is 0 Å². The van der Waals surface area contributed by atoms with E-state index >= 15 is 0 Å². The topological polar surface area (TPSA) is 118 Å². The Morgan fingerprint density at radius 2 is 1.48 bits per heavy atom. The summed E-state index contributed by atoms with van der Waals surface area (Å²) in [5, 5.41) is 3.34. The standard InChI is InChI=1S/C15H21N9O/c16-13-18-9-11(10-19-13)12-20-14(23-3-1-17-2-4-23)22-15(21-12)24-5-7-25-8-6-24/h9-10,17H,1-8H2,(H2,16,18,19). The number of morpholine rings is 1. The fourth-order valence-corrected chi connectivity index (χ4v) is 2.85. The molecule has 4 rings (SSSR count). The van der Waals surface area contributed by atoms with Gasteiger partial charge in [0.05, 0.1) is 18.8 Å². The number of nitrogens with two attached hydrogens (primary N) is 1. The van der Waals surface area contributed by atoms with Crippen molar-refractivity contribution >= 4 is 17.8 Å². The van der Waals surface area contributed by atoms with E-state index < -0.39 is 0 Å². The van der Waals surface area contributed by atoms with Crippen molar-refractivity contribution in [1.82, 2.24) is 30.2 Å². The van der Waals surface area contributed by atoms with Gasteiger partial charge >= 0.3 is 0 Å². The molecule has 0 aliphatic carbocycles. The van der Waals surface area contributed by atoms with Crippen molar-refractivity contribution in [2.75, 3.05) is 68.0 Å².